The van der Waals surface area contributed by atoms with Gasteiger partial charge in [0.2, 0.25) is 0 Å². The molecule has 2 N–H and O–H groups in total. The Labute approximate surface area is 275 Å². The number of phenolic OH excluding ortho intramolecular Hbond substituents is 1. The lowest BCUT2D eigenvalue weighted by molar-refractivity contribution is -0.171. The number of ether oxygens (including phenoxy) is 4. The van der Waals surface area contributed by atoms with E-state index in [0.717, 1.165) is 11.1 Å². The van der Waals surface area contributed by atoms with E-state index in [-0.39, 0.29) is 52.1 Å². The van der Waals surface area contributed by atoms with Crippen LogP contribution in [0.1, 0.15) is 103 Å². The second kappa shape index (κ2) is 11.0. The average Bonchev–Trinajstić information content (AvgIpc) is 3.14. The molecule has 5 atom stereocenters. The summed E-state index contributed by atoms with van der Waals surface area (Å²) in [6.45, 7) is 15.5. The summed E-state index contributed by atoms with van der Waals surface area (Å²) >= 11 is 0. The molecule has 2 fully saturated rings. The Morgan fingerprint density at radius 1 is 1.00 bits per heavy atom. The second-order valence-electron chi connectivity index (χ2n) is 14.7. The molecule has 9 heteroatoms. The third-order valence-corrected chi connectivity index (χ3v) is 10.6. The summed E-state index contributed by atoms with van der Waals surface area (Å²) < 4.78 is 25.6. The van der Waals surface area contributed by atoms with E-state index in [2.05, 4.69) is 6.08 Å². The maximum Gasteiger partial charge on any atom is 0.298 e. The molecule has 0 radical (unpaired) electrons. The zero-order valence-corrected chi connectivity index (χ0v) is 28.4. The highest BCUT2D eigenvalue weighted by atomic mass is 16.6. The summed E-state index contributed by atoms with van der Waals surface area (Å²) in [5, 5.41) is 23.0. The molecule has 1 saturated carbocycles. The monoisotopic (exact) mass is 644 g/mol. The summed E-state index contributed by atoms with van der Waals surface area (Å²) in [5.74, 6) is -1.26. The molecule has 0 amide bonds. The molecule has 1 spiro atoms. The van der Waals surface area contributed by atoms with E-state index in [9.17, 15) is 24.6 Å². The lowest BCUT2D eigenvalue weighted by Gasteiger charge is -2.56. The summed E-state index contributed by atoms with van der Waals surface area (Å²) in [6, 6.07) is 0. The van der Waals surface area contributed by atoms with Crippen molar-refractivity contribution in [2.75, 3.05) is 0 Å². The van der Waals surface area contributed by atoms with Gasteiger partial charge in [0, 0.05) is 29.4 Å². The highest BCUT2D eigenvalue weighted by Gasteiger charge is 2.81. The second-order valence-corrected chi connectivity index (χ2v) is 14.7. The van der Waals surface area contributed by atoms with Crippen LogP contribution in [0.25, 0.3) is 6.08 Å². The molecule has 9 nitrogen and oxygen atoms in total. The third kappa shape index (κ3) is 4.64. The van der Waals surface area contributed by atoms with E-state index in [1.807, 2.05) is 47.6 Å². The first-order chi connectivity index (χ1) is 22.0. The first-order valence-corrected chi connectivity index (χ1v) is 16.3. The van der Waals surface area contributed by atoms with Crippen LogP contribution in [0.3, 0.4) is 0 Å². The van der Waals surface area contributed by atoms with Gasteiger partial charge < -0.3 is 29.2 Å². The number of hydrogen-bond donors (Lipinski definition) is 2. The van der Waals surface area contributed by atoms with Crippen molar-refractivity contribution in [2.45, 2.75) is 110 Å². The van der Waals surface area contributed by atoms with Crippen molar-refractivity contribution < 1.29 is 43.5 Å². The predicted octanol–water partition coefficient (Wildman–Crippen LogP) is 7.17. The lowest BCUT2D eigenvalue weighted by atomic mass is 9.51. The van der Waals surface area contributed by atoms with Gasteiger partial charge in [0.1, 0.15) is 34.3 Å². The molecular weight excluding hydrogens is 600 g/mol. The number of aliphatic hydroxyl groups is 1. The minimum absolute atomic E-state index is 0.0116. The Morgan fingerprint density at radius 3 is 2.36 bits per heavy atom. The molecule has 0 aromatic heterocycles. The number of Topliss-reactive ketones (excluding diaryl/α,β-unsaturated/α-hetero) is 2. The normalized spacial score (nSPS) is 30.9. The summed E-state index contributed by atoms with van der Waals surface area (Å²) in [4.78, 5) is 40.2. The molecular formula is C38H44O9. The molecule has 3 aliphatic heterocycles. The Bertz CT molecular complexity index is 1750. The highest BCUT2D eigenvalue weighted by molar-refractivity contribution is 6.19. The van der Waals surface area contributed by atoms with Gasteiger partial charge in [-0.1, -0.05) is 29.4 Å². The Morgan fingerprint density at radius 2 is 1.70 bits per heavy atom. The van der Waals surface area contributed by atoms with Crippen molar-refractivity contribution in [3.8, 4) is 17.2 Å². The number of fused-ring (bicyclic) bond motifs is 2. The van der Waals surface area contributed by atoms with Gasteiger partial charge in [-0.3, -0.25) is 14.4 Å². The lowest BCUT2D eigenvalue weighted by Crippen LogP contribution is -2.72. The largest absolute Gasteiger partial charge is 0.508 e. The van der Waals surface area contributed by atoms with Crippen LogP contribution in [0.4, 0.5) is 0 Å². The number of rotatable bonds is 9. The van der Waals surface area contributed by atoms with Gasteiger partial charge in [-0.15, -0.1) is 0 Å². The molecule has 3 heterocycles. The van der Waals surface area contributed by atoms with E-state index in [0.29, 0.717) is 49.2 Å². The Hall–Kier alpha value is -4.11. The number of hydrogen-bond acceptors (Lipinski definition) is 9. The Kier molecular flexibility index (Phi) is 7.66. The van der Waals surface area contributed by atoms with E-state index in [4.69, 9.17) is 18.9 Å². The number of phenols is 1. The molecule has 2 unspecified atom stereocenters. The summed E-state index contributed by atoms with van der Waals surface area (Å²) in [6.07, 6.45) is 10.7. The smallest absolute Gasteiger partial charge is 0.298 e. The number of carbonyl (C=O) groups excluding carboxylic acids is 3. The van der Waals surface area contributed by atoms with E-state index in [1.54, 1.807) is 26.0 Å². The van der Waals surface area contributed by atoms with Crippen LogP contribution in [0.5, 0.6) is 17.2 Å². The molecule has 1 aromatic carbocycles. The third-order valence-electron chi connectivity index (χ3n) is 10.6. The number of aliphatic hydroxyl groups excluding tert-OH is 1. The molecule has 6 aliphatic rings. The number of aromatic hydroxyl groups is 1. The van der Waals surface area contributed by atoms with Gasteiger partial charge in [0.25, 0.3) is 6.47 Å². The average molecular weight is 645 g/mol. The minimum Gasteiger partial charge on any atom is -0.508 e. The van der Waals surface area contributed by atoms with Crippen molar-refractivity contribution >= 4 is 24.1 Å². The van der Waals surface area contributed by atoms with Crippen molar-refractivity contribution in [3.05, 3.63) is 69.2 Å². The van der Waals surface area contributed by atoms with Gasteiger partial charge in [0.15, 0.2) is 28.4 Å². The molecule has 7 rings (SSSR count). The highest BCUT2D eigenvalue weighted by Crippen LogP contribution is 2.68. The predicted molar refractivity (Wildman–Crippen MR) is 175 cm³/mol. The first-order valence-electron chi connectivity index (χ1n) is 16.3. The van der Waals surface area contributed by atoms with Gasteiger partial charge >= 0.3 is 0 Å². The fraction of sp³-hybridized carbons (Fsp3) is 0.500. The van der Waals surface area contributed by atoms with Crippen molar-refractivity contribution in [2.24, 2.45) is 11.8 Å². The number of carbonyl (C=O) groups is 3. The first kappa shape index (κ1) is 32.8. The van der Waals surface area contributed by atoms with Crippen molar-refractivity contribution in [1.82, 2.24) is 0 Å². The summed E-state index contributed by atoms with van der Waals surface area (Å²) in [5.41, 5.74) is -1.90. The standard InChI is InChI=1S/C38H44O9/c1-20(2)10-9-14-36(8)28(40)18-25-30(41)29-31(42)26-16-23-17-27-35(6,7)47-37(34(23)43,15-13-22(5)44-19-39)38(26,27)46-33(29)24(32(25)45-36)12-11-21(3)4/h10-11,13,16,18-19,23,27,40-41H,9,12,14-15,17H2,1-8H3/b22-13-/t23?,27?,36-,37+,38-/m1/s1. The van der Waals surface area contributed by atoms with Crippen molar-refractivity contribution in [3.63, 3.8) is 0 Å². The fourth-order valence-electron chi connectivity index (χ4n) is 8.25. The van der Waals surface area contributed by atoms with Crippen LogP contribution in [0, 0.1) is 11.8 Å². The zero-order valence-electron chi connectivity index (χ0n) is 28.4. The molecule has 1 saturated heterocycles. The molecule has 250 valence electrons. The van der Waals surface area contributed by atoms with Crippen LogP contribution in [-0.2, 0) is 25.5 Å². The maximum absolute atomic E-state index is 14.8. The summed E-state index contributed by atoms with van der Waals surface area (Å²) in [7, 11) is 0. The molecule has 47 heavy (non-hydrogen) atoms. The van der Waals surface area contributed by atoms with Gasteiger partial charge in [-0.25, -0.2) is 0 Å². The molecule has 4 bridgehead atoms. The van der Waals surface area contributed by atoms with Gasteiger partial charge in [-0.2, -0.15) is 0 Å². The quantitative estimate of drug-likeness (QED) is 0.163. The van der Waals surface area contributed by atoms with Crippen LogP contribution < -0.4 is 9.47 Å². The van der Waals surface area contributed by atoms with E-state index >= 15 is 0 Å². The van der Waals surface area contributed by atoms with Crippen LogP contribution in [-0.4, -0.2) is 50.7 Å². The van der Waals surface area contributed by atoms with Crippen molar-refractivity contribution in [1.29, 1.82) is 0 Å². The van der Waals surface area contributed by atoms with Crippen LogP contribution >= 0.6 is 0 Å². The number of benzene rings is 1. The van der Waals surface area contributed by atoms with Crippen LogP contribution in [0.15, 0.2) is 52.5 Å². The maximum atomic E-state index is 14.8. The number of ketones is 2. The zero-order chi connectivity index (χ0) is 34.3. The molecule has 3 aliphatic carbocycles. The molecule has 1 aromatic rings. The van der Waals surface area contributed by atoms with Gasteiger partial charge in [0.05, 0.1) is 11.2 Å². The number of allylic oxidation sites excluding steroid dienone is 6. The van der Waals surface area contributed by atoms with Crippen LogP contribution in [0.2, 0.25) is 0 Å². The minimum atomic E-state index is -1.59. The van der Waals surface area contributed by atoms with E-state index in [1.165, 1.54) is 6.08 Å². The Balaban J connectivity index is 1.60. The van der Waals surface area contributed by atoms with E-state index < -0.39 is 34.1 Å². The van der Waals surface area contributed by atoms with Gasteiger partial charge in [-0.05, 0) is 93.2 Å². The topological polar surface area (TPSA) is 129 Å². The fourth-order valence-corrected chi connectivity index (χ4v) is 8.25. The SMILES string of the molecule is CC(C)=CCC[C@@]1(C)Oc2c(c(O)c3c(c2CC=C(C)C)O[C@]24C(=CC5CC2C(C)(C)O[C@@]4(C/C=C(/C)OC=O)C5=O)C3=O)C=C1O.